The van der Waals surface area contributed by atoms with Crippen molar-refractivity contribution < 1.29 is 14.9 Å². The molecule has 35 heavy (non-hydrogen) atoms. The molecule has 1 aromatic carbocycles. The zero-order valence-electron chi connectivity index (χ0n) is 20.9. The van der Waals surface area contributed by atoms with Gasteiger partial charge in [-0.15, -0.1) is 0 Å². The van der Waals surface area contributed by atoms with Gasteiger partial charge in [0.15, 0.2) is 0 Å². The molecule has 0 amide bonds. The number of rotatable bonds is 2. The second-order valence-electron chi connectivity index (χ2n) is 12.3. The first-order valence-corrected chi connectivity index (χ1v) is 13.3. The summed E-state index contributed by atoms with van der Waals surface area (Å²) >= 11 is 0. The molecule has 0 radical (unpaired) electrons. The molecule has 7 rings (SSSR count). The monoisotopic (exact) mass is 472 g/mol. The van der Waals surface area contributed by atoms with Gasteiger partial charge >= 0.3 is 0 Å². The maximum Gasteiger partial charge on any atom is 0.105 e. The van der Waals surface area contributed by atoms with Gasteiger partial charge in [0, 0.05) is 23.8 Å². The van der Waals surface area contributed by atoms with Crippen molar-refractivity contribution in [3.05, 3.63) is 65.5 Å². The molecule has 3 heterocycles. The molecule has 2 bridgehead atoms. The lowest BCUT2D eigenvalue weighted by molar-refractivity contribution is -0.165. The minimum absolute atomic E-state index is 0.111. The van der Waals surface area contributed by atoms with Gasteiger partial charge < -0.3 is 19.8 Å². The van der Waals surface area contributed by atoms with Crippen molar-refractivity contribution in [1.29, 1.82) is 0 Å². The molecule has 2 aliphatic heterocycles. The maximum atomic E-state index is 11.2. The highest BCUT2D eigenvalue weighted by Gasteiger charge is 2.68. The van der Waals surface area contributed by atoms with Gasteiger partial charge in [0.25, 0.3) is 0 Å². The zero-order chi connectivity index (χ0) is 24.2. The highest BCUT2D eigenvalue weighted by molar-refractivity contribution is 5.82. The van der Waals surface area contributed by atoms with Crippen molar-refractivity contribution >= 4 is 10.8 Å². The number of pyridine rings is 1. The summed E-state index contributed by atoms with van der Waals surface area (Å²) in [6.45, 7) is 2.49. The highest BCUT2D eigenvalue weighted by atomic mass is 16.5. The van der Waals surface area contributed by atoms with E-state index in [0.717, 1.165) is 37.7 Å². The number of aliphatic hydroxyl groups is 2. The number of ether oxygens (including phenoxy) is 1. The van der Waals surface area contributed by atoms with Crippen molar-refractivity contribution in [2.24, 2.45) is 11.3 Å². The van der Waals surface area contributed by atoms with Crippen LogP contribution in [-0.2, 0) is 4.74 Å². The van der Waals surface area contributed by atoms with Gasteiger partial charge in [-0.1, -0.05) is 31.2 Å². The summed E-state index contributed by atoms with van der Waals surface area (Å²) in [5.41, 5.74) is 2.97. The van der Waals surface area contributed by atoms with Crippen LogP contribution in [0, 0.1) is 11.3 Å². The highest BCUT2D eigenvalue weighted by Crippen LogP contribution is 2.69. The standard InChI is InChI=1S/C30H36N2O3/c1-28-10-8-21-15-23-26(33)27(34)24(32(2)3)16-29(23)11-12-30(21,35-29)25(28)7-6-22(28)19-5-4-18-9-13-31-17-20(18)14-19/h4-5,8-9,13-15,17,22,24-27,33-34H,6-7,10-12,16H2,1-3H3/t22-,24+,25-,26-,27-,28-,29?,30-/m1/s1. The van der Waals surface area contributed by atoms with E-state index in [1.54, 1.807) is 0 Å². The zero-order valence-corrected chi connectivity index (χ0v) is 20.9. The largest absolute Gasteiger partial charge is 0.388 e. The van der Waals surface area contributed by atoms with Gasteiger partial charge in [0.05, 0.1) is 17.3 Å². The number of aliphatic hydroxyl groups excluding tert-OH is 2. The summed E-state index contributed by atoms with van der Waals surface area (Å²) in [5.74, 6) is 0.937. The normalized spacial score (nSPS) is 44.0. The van der Waals surface area contributed by atoms with Gasteiger partial charge in [-0.3, -0.25) is 4.98 Å². The molecule has 184 valence electrons. The van der Waals surface area contributed by atoms with Crippen LogP contribution in [0.1, 0.15) is 56.9 Å². The second kappa shape index (κ2) is 7.25. The van der Waals surface area contributed by atoms with E-state index < -0.39 is 17.8 Å². The second-order valence-corrected chi connectivity index (χ2v) is 12.3. The van der Waals surface area contributed by atoms with Gasteiger partial charge in [0.2, 0.25) is 0 Å². The lowest BCUT2D eigenvalue weighted by Gasteiger charge is -2.56. The van der Waals surface area contributed by atoms with Crippen LogP contribution in [0.3, 0.4) is 0 Å². The number of likely N-dealkylation sites (N-methyl/N-ethyl adjacent to an activating group) is 1. The predicted molar refractivity (Wildman–Crippen MR) is 136 cm³/mol. The Balaban J connectivity index is 1.29. The minimum atomic E-state index is -0.871. The van der Waals surface area contributed by atoms with Gasteiger partial charge in [-0.05, 0) is 104 Å². The third kappa shape index (κ3) is 2.81. The van der Waals surface area contributed by atoms with E-state index in [1.807, 2.05) is 31.4 Å². The summed E-state index contributed by atoms with van der Waals surface area (Å²) in [6, 6.07) is 8.90. The van der Waals surface area contributed by atoms with E-state index in [-0.39, 0.29) is 17.1 Å². The van der Waals surface area contributed by atoms with Crippen LogP contribution < -0.4 is 0 Å². The van der Waals surface area contributed by atoms with Gasteiger partial charge in [0.1, 0.15) is 6.10 Å². The molecule has 5 aliphatic rings. The average molecular weight is 473 g/mol. The SMILES string of the molecule is CN(C)[C@H]1CC23CC[C@@]4(O2)C(=CC[C@]2(C)[C@@H](c5ccc6ccncc6c5)CC[C@H]24)C=C3[C@@H](O)[C@@H]1O. The van der Waals surface area contributed by atoms with Crippen LogP contribution in [-0.4, -0.2) is 63.6 Å². The number of aromatic nitrogens is 1. The van der Waals surface area contributed by atoms with E-state index >= 15 is 0 Å². The number of hydrogen-bond donors (Lipinski definition) is 2. The van der Waals surface area contributed by atoms with Crippen molar-refractivity contribution in [2.75, 3.05) is 14.1 Å². The molecule has 1 aromatic heterocycles. The molecular formula is C30H36N2O3. The molecule has 2 spiro atoms. The lowest BCUT2D eigenvalue weighted by Crippen LogP contribution is -2.61. The molecule has 2 saturated carbocycles. The Morgan fingerprint density at radius 1 is 1.09 bits per heavy atom. The Labute approximate surface area is 207 Å². The Morgan fingerprint density at radius 2 is 1.94 bits per heavy atom. The number of fused-ring (bicyclic) bond motifs is 2. The molecule has 1 unspecified atom stereocenters. The molecule has 2 N–H and O–H groups in total. The van der Waals surface area contributed by atoms with Crippen molar-refractivity contribution in [3.63, 3.8) is 0 Å². The first-order chi connectivity index (χ1) is 16.8. The Kier molecular flexibility index (Phi) is 4.60. The molecule has 5 heteroatoms. The summed E-state index contributed by atoms with van der Waals surface area (Å²) in [7, 11) is 3.98. The summed E-state index contributed by atoms with van der Waals surface area (Å²) < 4.78 is 7.27. The minimum Gasteiger partial charge on any atom is -0.388 e. The number of nitrogens with zero attached hydrogens (tertiary/aromatic N) is 2. The predicted octanol–water partition coefficient (Wildman–Crippen LogP) is 4.35. The number of allylic oxidation sites excluding steroid dienone is 1. The molecule has 2 aromatic rings. The number of hydrogen-bond acceptors (Lipinski definition) is 5. The lowest BCUT2D eigenvalue weighted by atomic mass is 9.58. The van der Waals surface area contributed by atoms with E-state index in [9.17, 15) is 10.2 Å². The number of benzene rings is 1. The van der Waals surface area contributed by atoms with E-state index in [1.165, 1.54) is 28.3 Å². The van der Waals surface area contributed by atoms with Crippen molar-refractivity contribution in [1.82, 2.24) is 9.88 Å². The van der Waals surface area contributed by atoms with Crippen LogP contribution in [0.5, 0.6) is 0 Å². The third-order valence-electron chi connectivity index (χ3n) is 10.6. The van der Waals surface area contributed by atoms with Crippen LogP contribution in [0.15, 0.2) is 60.0 Å². The fourth-order valence-corrected chi connectivity index (χ4v) is 8.79. The molecule has 3 aliphatic carbocycles. The van der Waals surface area contributed by atoms with Crippen LogP contribution >= 0.6 is 0 Å². The average Bonchev–Trinajstić information content (AvgIpc) is 3.37. The van der Waals surface area contributed by atoms with Crippen LogP contribution in [0.25, 0.3) is 10.8 Å². The Morgan fingerprint density at radius 3 is 2.77 bits per heavy atom. The van der Waals surface area contributed by atoms with Crippen LogP contribution in [0.4, 0.5) is 0 Å². The molecule has 3 fully saturated rings. The Bertz CT molecular complexity index is 1270. The third-order valence-corrected chi connectivity index (χ3v) is 10.6. The van der Waals surface area contributed by atoms with E-state index in [4.69, 9.17) is 4.74 Å². The summed E-state index contributed by atoms with van der Waals surface area (Å²) in [6.07, 6.45) is 12.8. The molecule has 1 saturated heterocycles. The van der Waals surface area contributed by atoms with Crippen LogP contribution in [0.2, 0.25) is 0 Å². The summed E-state index contributed by atoms with van der Waals surface area (Å²) in [5, 5.41) is 24.5. The quantitative estimate of drug-likeness (QED) is 0.680. The molecule has 5 nitrogen and oxygen atoms in total. The first-order valence-electron chi connectivity index (χ1n) is 13.3. The van der Waals surface area contributed by atoms with E-state index in [2.05, 4.69) is 48.3 Å². The maximum absolute atomic E-state index is 11.2. The van der Waals surface area contributed by atoms with Crippen molar-refractivity contribution in [2.45, 2.75) is 80.8 Å². The topological polar surface area (TPSA) is 65.8 Å². The molecular weight excluding hydrogens is 436 g/mol. The first kappa shape index (κ1) is 22.2. The Hall–Kier alpha value is -2.05. The smallest absolute Gasteiger partial charge is 0.105 e. The fourth-order valence-electron chi connectivity index (χ4n) is 8.79. The molecule has 8 atom stereocenters. The van der Waals surface area contributed by atoms with Crippen molar-refractivity contribution in [3.8, 4) is 0 Å². The van der Waals surface area contributed by atoms with Gasteiger partial charge in [-0.2, -0.15) is 0 Å². The summed E-state index contributed by atoms with van der Waals surface area (Å²) in [4.78, 5) is 6.40. The fraction of sp³-hybridized carbons (Fsp3) is 0.567. The van der Waals surface area contributed by atoms with E-state index in [0.29, 0.717) is 11.8 Å². The van der Waals surface area contributed by atoms with Gasteiger partial charge in [-0.25, -0.2) is 0 Å².